The number of carbonyl (C=O) groups is 1. The van der Waals surface area contributed by atoms with Gasteiger partial charge in [-0.3, -0.25) is 4.99 Å². The molecule has 0 bridgehead atoms. The van der Waals surface area contributed by atoms with Crippen LogP contribution in [0.3, 0.4) is 0 Å². The second kappa shape index (κ2) is 13.6. The van der Waals surface area contributed by atoms with Crippen LogP contribution in [0.5, 0.6) is 11.5 Å². The van der Waals surface area contributed by atoms with Gasteiger partial charge in [-0.25, -0.2) is 9.78 Å². The van der Waals surface area contributed by atoms with E-state index in [1.807, 2.05) is 0 Å². The zero-order valence-corrected chi connectivity index (χ0v) is 21.0. The molecule has 0 amide bonds. The number of hydrogen-bond donors (Lipinski definition) is 6. The summed E-state index contributed by atoms with van der Waals surface area (Å²) in [7, 11) is 0. The van der Waals surface area contributed by atoms with Gasteiger partial charge in [0.05, 0.1) is 45.8 Å². The average molecular weight is 549 g/mol. The molecular formula is C22H32N2O12S. The van der Waals surface area contributed by atoms with Gasteiger partial charge >= 0.3 is 5.97 Å². The number of ether oxygens (including phenoxy) is 5. The second-order valence-corrected chi connectivity index (χ2v) is 9.43. The van der Waals surface area contributed by atoms with Crippen LogP contribution in [0.4, 0.5) is 0 Å². The predicted octanol–water partition coefficient (Wildman–Crippen LogP) is -1.65. The molecule has 0 spiro atoms. The van der Waals surface area contributed by atoms with Crippen LogP contribution in [0.15, 0.2) is 17.3 Å². The van der Waals surface area contributed by atoms with Crippen molar-refractivity contribution in [1.29, 1.82) is 0 Å². The summed E-state index contributed by atoms with van der Waals surface area (Å²) in [6, 6.07) is 1.38. The predicted molar refractivity (Wildman–Crippen MR) is 128 cm³/mol. The topological polar surface area (TPSA) is 210 Å². The highest BCUT2D eigenvalue weighted by Gasteiger charge is 2.44. The van der Waals surface area contributed by atoms with Crippen LogP contribution in [-0.4, -0.2) is 135 Å². The Morgan fingerprint density at radius 3 is 2.41 bits per heavy atom. The fourth-order valence-electron chi connectivity index (χ4n) is 3.38. The number of carboxylic acids is 1. The zero-order chi connectivity index (χ0) is 27.0. The van der Waals surface area contributed by atoms with Crippen LogP contribution >= 0.6 is 11.8 Å². The van der Waals surface area contributed by atoms with E-state index in [9.17, 15) is 30.3 Å². The van der Waals surface area contributed by atoms with Crippen LogP contribution in [0.25, 0.3) is 0 Å². The third-order valence-corrected chi connectivity index (χ3v) is 6.84. The molecule has 0 aliphatic carbocycles. The van der Waals surface area contributed by atoms with Gasteiger partial charge < -0.3 is 54.3 Å². The van der Waals surface area contributed by atoms with Crippen molar-refractivity contribution in [1.82, 2.24) is 4.98 Å². The molecule has 6 atom stereocenters. The van der Waals surface area contributed by atoms with Crippen molar-refractivity contribution in [2.75, 3.05) is 52.0 Å². The van der Waals surface area contributed by atoms with Crippen LogP contribution in [0.1, 0.15) is 12.6 Å². The van der Waals surface area contributed by atoms with Crippen LogP contribution < -0.4 is 4.74 Å². The van der Waals surface area contributed by atoms with E-state index in [1.54, 1.807) is 0 Å². The van der Waals surface area contributed by atoms with E-state index in [2.05, 4.69) is 9.98 Å². The molecule has 1 aromatic heterocycles. The highest BCUT2D eigenvalue weighted by molar-refractivity contribution is 8.14. The molecule has 3 heterocycles. The molecule has 2 aliphatic rings. The Kier molecular flexibility index (Phi) is 10.9. The minimum atomic E-state index is -1.50. The Hall–Kier alpha value is -2.08. The minimum absolute atomic E-state index is 0.0404. The molecule has 0 aromatic carbocycles. The third-order valence-electron chi connectivity index (χ3n) is 5.57. The summed E-state index contributed by atoms with van der Waals surface area (Å²) in [5, 5.41) is 58.4. The number of aromatic hydroxyl groups is 1. The first-order valence-electron chi connectivity index (χ1n) is 11.5. The van der Waals surface area contributed by atoms with E-state index in [-0.39, 0.29) is 56.8 Å². The highest BCUT2D eigenvalue weighted by atomic mass is 32.2. The smallest absolute Gasteiger partial charge is 0.332 e. The van der Waals surface area contributed by atoms with E-state index in [1.165, 1.54) is 30.9 Å². The molecule has 0 saturated carbocycles. The summed E-state index contributed by atoms with van der Waals surface area (Å²) in [6.07, 6.45) is -5.23. The third kappa shape index (κ3) is 7.72. The maximum atomic E-state index is 11.3. The molecule has 1 saturated heterocycles. The molecule has 14 nitrogen and oxygen atoms in total. The van der Waals surface area contributed by atoms with Crippen molar-refractivity contribution in [3.8, 4) is 11.5 Å². The molecule has 208 valence electrons. The average Bonchev–Trinajstić information content (AvgIpc) is 3.28. The van der Waals surface area contributed by atoms with Crippen molar-refractivity contribution in [3.05, 3.63) is 18.0 Å². The van der Waals surface area contributed by atoms with Gasteiger partial charge in [-0.05, 0) is 6.92 Å². The number of aliphatic imine (C=N–C) groups is 1. The van der Waals surface area contributed by atoms with Gasteiger partial charge in [-0.15, -0.1) is 11.8 Å². The molecule has 3 rings (SSSR count). The summed E-state index contributed by atoms with van der Waals surface area (Å²) in [5.74, 6) is -0.639. The number of aromatic nitrogens is 1. The number of hydrogen-bond acceptors (Lipinski definition) is 14. The largest absolute Gasteiger partial charge is 0.505 e. The number of carboxylic acid groups (broad SMARTS) is 1. The lowest BCUT2D eigenvalue weighted by Gasteiger charge is -2.39. The van der Waals surface area contributed by atoms with Crippen molar-refractivity contribution in [2.45, 2.75) is 43.2 Å². The first-order valence-corrected chi connectivity index (χ1v) is 12.5. The van der Waals surface area contributed by atoms with Crippen LogP contribution in [0, 0.1) is 0 Å². The SMILES string of the molecule is C[C@]1(C(=O)O)CSC(c2ncc(OCCOCCOCCO[C@@H]3OC(CO)[C@@H](O)[C@@H](O)C3O)cc2O)=N1. The Balaban J connectivity index is 1.26. The van der Waals surface area contributed by atoms with Gasteiger partial charge in [0.2, 0.25) is 0 Å². The Labute approximate surface area is 216 Å². The van der Waals surface area contributed by atoms with Crippen molar-refractivity contribution < 1.29 is 59.1 Å². The molecule has 6 N–H and O–H groups in total. The van der Waals surface area contributed by atoms with Gasteiger partial charge in [0.1, 0.15) is 53.3 Å². The number of thioether (sulfide) groups is 1. The minimum Gasteiger partial charge on any atom is -0.505 e. The molecule has 2 unspecified atom stereocenters. The lowest BCUT2D eigenvalue weighted by molar-refractivity contribution is -0.302. The Bertz CT molecular complexity index is 935. The van der Waals surface area contributed by atoms with Gasteiger partial charge in [0.25, 0.3) is 0 Å². The first-order chi connectivity index (χ1) is 17.7. The van der Waals surface area contributed by atoms with Crippen molar-refractivity contribution in [3.63, 3.8) is 0 Å². The number of aliphatic carboxylic acids is 1. The molecule has 15 heteroatoms. The molecular weight excluding hydrogens is 516 g/mol. The van der Waals surface area contributed by atoms with Gasteiger partial charge in [0, 0.05) is 11.8 Å². The highest BCUT2D eigenvalue weighted by Crippen LogP contribution is 2.34. The summed E-state index contributed by atoms with van der Waals surface area (Å²) in [6.45, 7) is 2.12. The lowest BCUT2D eigenvalue weighted by Crippen LogP contribution is -2.59. The van der Waals surface area contributed by atoms with Crippen molar-refractivity contribution >= 4 is 22.8 Å². The van der Waals surface area contributed by atoms with Gasteiger partial charge in [0.15, 0.2) is 11.8 Å². The molecule has 2 aliphatic heterocycles. The van der Waals surface area contributed by atoms with Gasteiger partial charge in [-0.2, -0.15) is 0 Å². The number of rotatable bonds is 14. The quantitative estimate of drug-likeness (QED) is 0.144. The molecule has 0 radical (unpaired) electrons. The summed E-state index contributed by atoms with van der Waals surface area (Å²) in [4.78, 5) is 19.6. The van der Waals surface area contributed by atoms with E-state index >= 15 is 0 Å². The van der Waals surface area contributed by atoms with Crippen LogP contribution in [-0.2, 0) is 23.7 Å². The van der Waals surface area contributed by atoms with E-state index < -0.39 is 48.8 Å². The summed E-state index contributed by atoms with van der Waals surface area (Å²) >= 11 is 1.21. The fraction of sp³-hybridized carbons (Fsp3) is 0.682. The standard InChI is InChI=1S/C22H32N2O12S/c1-22(21(30)31)11-37-19(24-22)15-13(26)8-12(9-23-15)34-6-4-32-2-3-33-5-7-35-20-18(29)17(28)16(27)14(10-25)36-20/h8-9,14,16-18,20,25-29H,2-7,10-11H2,1H3,(H,30,31)/t14?,16-,17-,18?,20-,22-/m1/s1. The number of nitrogens with zero attached hydrogens (tertiary/aromatic N) is 2. The fourth-order valence-corrected chi connectivity index (χ4v) is 4.54. The molecule has 1 fully saturated rings. The Morgan fingerprint density at radius 2 is 1.78 bits per heavy atom. The van der Waals surface area contributed by atoms with E-state index in [0.29, 0.717) is 10.8 Å². The van der Waals surface area contributed by atoms with Crippen molar-refractivity contribution in [2.24, 2.45) is 4.99 Å². The van der Waals surface area contributed by atoms with E-state index in [4.69, 9.17) is 28.8 Å². The normalized spacial score (nSPS) is 29.8. The second-order valence-electron chi connectivity index (χ2n) is 8.46. The van der Waals surface area contributed by atoms with E-state index in [0.717, 1.165) is 0 Å². The first kappa shape index (κ1) is 29.5. The molecule has 1 aromatic rings. The zero-order valence-electron chi connectivity index (χ0n) is 20.1. The summed E-state index contributed by atoms with van der Waals surface area (Å²) < 4.78 is 26.8. The number of aliphatic hydroxyl groups is 4. The monoisotopic (exact) mass is 548 g/mol. The number of pyridine rings is 1. The maximum Gasteiger partial charge on any atom is 0.332 e. The van der Waals surface area contributed by atoms with Crippen LogP contribution in [0.2, 0.25) is 0 Å². The molecule has 37 heavy (non-hydrogen) atoms. The maximum absolute atomic E-state index is 11.3. The Morgan fingerprint density at radius 1 is 1.11 bits per heavy atom. The summed E-state index contributed by atoms with van der Waals surface area (Å²) in [5.41, 5.74) is -1.05. The lowest BCUT2D eigenvalue weighted by atomic mass is 9.99. The van der Waals surface area contributed by atoms with Gasteiger partial charge in [-0.1, -0.05) is 0 Å². The number of aliphatic hydroxyl groups excluding tert-OH is 4.